The van der Waals surface area contributed by atoms with Crippen molar-refractivity contribution in [1.82, 2.24) is 4.57 Å². The van der Waals surface area contributed by atoms with Gasteiger partial charge in [0.15, 0.2) is 11.6 Å². The van der Waals surface area contributed by atoms with Crippen LogP contribution >= 0.6 is 0 Å². The Labute approximate surface area is 133 Å². The van der Waals surface area contributed by atoms with Gasteiger partial charge in [0.05, 0.1) is 16.6 Å². The van der Waals surface area contributed by atoms with Crippen LogP contribution in [0.5, 0.6) is 0 Å². The van der Waals surface area contributed by atoms with Crippen LogP contribution in [0, 0.1) is 24.4 Å². The molecule has 0 aliphatic rings. The Bertz CT molecular complexity index is 1060. The molecule has 1 heterocycles. The zero-order valence-electron chi connectivity index (χ0n) is 12.3. The van der Waals surface area contributed by atoms with E-state index in [4.69, 9.17) is 5.11 Å². The van der Waals surface area contributed by atoms with Crippen LogP contribution in [-0.2, 0) is 0 Å². The first-order valence-electron chi connectivity index (χ1n) is 6.84. The highest BCUT2D eigenvalue weighted by atomic mass is 19.2. The second kappa shape index (κ2) is 5.52. The first-order chi connectivity index (χ1) is 11.3. The van der Waals surface area contributed by atoms with Gasteiger partial charge in [-0.25, -0.2) is 18.0 Å². The molecule has 122 valence electrons. The van der Waals surface area contributed by atoms with E-state index in [0.29, 0.717) is 11.6 Å². The summed E-state index contributed by atoms with van der Waals surface area (Å²) in [4.78, 5) is 23.4. The fraction of sp³-hybridized carbons (Fsp3) is 0.0588. The average Bonchev–Trinajstić information content (AvgIpc) is 2.50. The van der Waals surface area contributed by atoms with Gasteiger partial charge >= 0.3 is 5.97 Å². The van der Waals surface area contributed by atoms with Crippen molar-refractivity contribution in [3.63, 3.8) is 0 Å². The number of fused-ring (bicyclic) bond motifs is 1. The highest BCUT2D eigenvalue weighted by molar-refractivity contribution is 5.93. The Morgan fingerprint density at radius 3 is 2.33 bits per heavy atom. The van der Waals surface area contributed by atoms with E-state index < -0.39 is 34.4 Å². The van der Waals surface area contributed by atoms with E-state index in [-0.39, 0.29) is 16.6 Å². The number of nitrogens with zero attached hydrogens (tertiary/aromatic N) is 1. The fourth-order valence-corrected chi connectivity index (χ4v) is 2.48. The molecule has 0 aliphatic carbocycles. The number of carboxylic acids is 1. The smallest absolute Gasteiger partial charge is 0.341 e. The molecule has 24 heavy (non-hydrogen) atoms. The second-order valence-electron chi connectivity index (χ2n) is 5.29. The highest BCUT2D eigenvalue weighted by Crippen LogP contribution is 2.23. The topological polar surface area (TPSA) is 59.3 Å². The van der Waals surface area contributed by atoms with Crippen LogP contribution in [-0.4, -0.2) is 15.6 Å². The van der Waals surface area contributed by atoms with Crippen LogP contribution < -0.4 is 5.43 Å². The molecule has 0 aliphatic heterocycles. The van der Waals surface area contributed by atoms with Gasteiger partial charge in [0.2, 0.25) is 5.43 Å². The number of aryl methyl sites for hydroxylation is 1. The molecule has 0 amide bonds. The van der Waals surface area contributed by atoms with Gasteiger partial charge in [-0.05, 0) is 30.7 Å². The van der Waals surface area contributed by atoms with Crippen molar-refractivity contribution >= 4 is 16.9 Å². The number of carbonyl (C=O) groups is 1. The van der Waals surface area contributed by atoms with Crippen LogP contribution in [0.15, 0.2) is 41.3 Å². The third-order valence-corrected chi connectivity index (χ3v) is 3.64. The molecule has 0 saturated carbocycles. The van der Waals surface area contributed by atoms with Crippen molar-refractivity contribution < 1.29 is 23.1 Å². The van der Waals surface area contributed by atoms with E-state index in [1.807, 2.05) is 0 Å². The van der Waals surface area contributed by atoms with E-state index in [0.717, 1.165) is 16.8 Å². The first kappa shape index (κ1) is 15.8. The molecular weight excluding hydrogens is 323 g/mol. The summed E-state index contributed by atoms with van der Waals surface area (Å²) in [6, 6.07) is 5.49. The van der Waals surface area contributed by atoms with Crippen LogP contribution in [0.2, 0.25) is 0 Å². The Morgan fingerprint density at radius 2 is 1.71 bits per heavy atom. The zero-order chi connectivity index (χ0) is 17.6. The predicted molar refractivity (Wildman–Crippen MR) is 81.1 cm³/mol. The van der Waals surface area contributed by atoms with Gasteiger partial charge in [0.25, 0.3) is 0 Å². The standard InChI is InChI=1S/C17H10F3NO3/c1-8-2-3-14(13(20)4-8)21-7-10(17(23)24)16(22)9-5-11(18)12(19)6-15(9)21/h2-7H,1H3,(H,23,24). The highest BCUT2D eigenvalue weighted by Gasteiger charge is 2.19. The predicted octanol–water partition coefficient (Wildman–Crippen LogP) is 3.41. The van der Waals surface area contributed by atoms with Crippen molar-refractivity contribution in [2.24, 2.45) is 0 Å². The molecule has 4 nitrogen and oxygen atoms in total. The van der Waals surface area contributed by atoms with Gasteiger partial charge < -0.3 is 9.67 Å². The molecule has 3 aromatic rings. The average molecular weight is 333 g/mol. The fourth-order valence-electron chi connectivity index (χ4n) is 2.48. The summed E-state index contributed by atoms with van der Waals surface area (Å²) in [6.07, 6.45) is 0.901. The van der Waals surface area contributed by atoms with E-state index in [9.17, 15) is 22.8 Å². The number of benzene rings is 2. The molecule has 3 rings (SSSR count). The summed E-state index contributed by atoms with van der Waals surface area (Å²) in [5.74, 6) is -4.77. The number of carboxylic acid groups (broad SMARTS) is 1. The summed E-state index contributed by atoms with van der Waals surface area (Å²) < 4.78 is 42.4. The third kappa shape index (κ3) is 2.44. The number of hydrogen-bond donors (Lipinski definition) is 1. The monoisotopic (exact) mass is 333 g/mol. The lowest BCUT2D eigenvalue weighted by Gasteiger charge is -2.14. The minimum atomic E-state index is -1.55. The summed E-state index contributed by atoms with van der Waals surface area (Å²) in [5, 5.41) is 8.81. The Hall–Kier alpha value is -3.09. The maximum Gasteiger partial charge on any atom is 0.341 e. The Kier molecular flexibility index (Phi) is 3.63. The van der Waals surface area contributed by atoms with Gasteiger partial charge in [-0.3, -0.25) is 4.79 Å². The van der Waals surface area contributed by atoms with E-state index >= 15 is 0 Å². The molecule has 0 saturated heterocycles. The van der Waals surface area contributed by atoms with E-state index in [2.05, 4.69) is 0 Å². The molecular formula is C17H10F3NO3. The molecule has 1 N–H and O–H groups in total. The van der Waals surface area contributed by atoms with Crippen molar-refractivity contribution in [3.8, 4) is 5.69 Å². The Balaban J connectivity index is 2.50. The Morgan fingerprint density at radius 1 is 1.04 bits per heavy atom. The zero-order valence-corrected chi connectivity index (χ0v) is 12.3. The molecule has 1 aromatic heterocycles. The normalized spacial score (nSPS) is 11.0. The molecule has 0 fully saturated rings. The summed E-state index contributed by atoms with van der Waals surface area (Å²) >= 11 is 0. The number of hydrogen-bond acceptors (Lipinski definition) is 2. The minimum Gasteiger partial charge on any atom is -0.477 e. The van der Waals surface area contributed by atoms with Crippen molar-refractivity contribution in [3.05, 3.63) is 75.3 Å². The summed E-state index contributed by atoms with van der Waals surface area (Å²) in [5.41, 5.74) is -1.24. The van der Waals surface area contributed by atoms with Gasteiger partial charge in [0.1, 0.15) is 11.4 Å². The number of pyridine rings is 1. The molecule has 7 heteroatoms. The molecule has 0 radical (unpaired) electrons. The molecule has 0 unspecified atom stereocenters. The van der Waals surface area contributed by atoms with E-state index in [1.165, 1.54) is 12.1 Å². The van der Waals surface area contributed by atoms with Crippen LogP contribution in [0.4, 0.5) is 13.2 Å². The van der Waals surface area contributed by atoms with Crippen molar-refractivity contribution in [2.45, 2.75) is 6.92 Å². The second-order valence-corrected chi connectivity index (χ2v) is 5.29. The lowest BCUT2D eigenvalue weighted by atomic mass is 10.1. The molecule has 2 aromatic carbocycles. The van der Waals surface area contributed by atoms with Crippen molar-refractivity contribution in [1.29, 1.82) is 0 Å². The van der Waals surface area contributed by atoms with Crippen molar-refractivity contribution in [2.75, 3.05) is 0 Å². The number of aromatic nitrogens is 1. The van der Waals surface area contributed by atoms with Crippen LogP contribution in [0.1, 0.15) is 15.9 Å². The summed E-state index contributed by atoms with van der Waals surface area (Å²) in [7, 11) is 0. The van der Waals surface area contributed by atoms with Gasteiger partial charge in [0, 0.05) is 12.3 Å². The molecule has 0 spiro atoms. The van der Waals surface area contributed by atoms with Gasteiger partial charge in [-0.15, -0.1) is 0 Å². The van der Waals surface area contributed by atoms with Gasteiger partial charge in [-0.1, -0.05) is 6.07 Å². The van der Waals surface area contributed by atoms with Gasteiger partial charge in [-0.2, -0.15) is 0 Å². The van der Waals surface area contributed by atoms with Crippen LogP contribution in [0.3, 0.4) is 0 Å². The minimum absolute atomic E-state index is 0.0842. The lowest BCUT2D eigenvalue weighted by molar-refractivity contribution is 0.0695. The SMILES string of the molecule is Cc1ccc(-n2cc(C(=O)O)c(=O)c3cc(F)c(F)cc32)c(F)c1. The quantitative estimate of drug-likeness (QED) is 0.782. The summed E-state index contributed by atoms with van der Waals surface area (Å²) in [6.45, 7) is 1.66. The molecule has 0 atom stereocenters. The third-order valence-electron chi connectivity index (χ3n) is 3.64. The maximum atomic E-state index is 14.3. The van der Waals surface area contributed by atoms with Crippen LogP contribution in [0.25, 0.3) is 16.6 Å². The lowest BCUT2D eigenvalue weighted by Crippen LogP contribution is -2.19. The number of aromatic carboxylic acids is 1. The maximum absolute atomic E-state index is 14.3. The van der Waals surface area contributed by atoms with E-state index in [1.54, 1.807) is 13.0 Å². The number of halogens is 3. The largest absolute Gasteiger partial charge is 0.477 e. The first-order valence-corrected chi connectivity index (χ1v) is 6.84. The molecule has 0 bridgehead atoms. The number of rotatable bonds is 2.